The number of carbonyl (C=O) groups excluding carboxylic acids is 1. The summed E-state index contributed by atoms with van der Waals surface area (Å²) in [5.74, 6) is 0.481. The molecule has 3 heteroatoms. The fraction of sp³-hybridized carbons (Fsp3) is 0.533. The molecule has 0 spiro atoms. The van der Waals surface area contributed by atoms with E-state index in [9.17, 15) is 4.79 Å². The summed E-state index contributed by atoms with van der Waals surface area (Å²) in [5, 5.41) is 5.99. The lowest BCUT2D eigenvalue weighted by molar-refractivity contribution is 0.234. The van der Waals surface area contributed by atoms with Gasteiger partial charge in [0.2, 0.25) is 0 Å². The summed E-state index contributed by atoms with van der Waals surface area (Å²) in [6.07, 6.45) is 3.31. The highest BCUT2D eigenvalue weighted by atomic mass is 16.2. The van der Waals surface area contributed by atoms with E-state index in [1.54, 1.807) is 0 Å². The number of carbonyl (C=O) groups is 1. The van der Waals surface area contributed by atoms with Crippen LogP contribution in [0.5, 0.6) is 0 Å². The van der Waals surface area contributed by atoms with E-state index >= 15 is 0 Å². The van der Waals surface area contributed by atoms with Crippen molar-refractivity contribution in [2.75, 3.05) is 6.54 Å². The van der Waals surface area contributed by atoms with Crippen molar-refractivity contribution in [3.63, 3.8) is 0 Å². The lowest BCUT2D eigenvalue weighted by atomic mass is 9.88. The van der Waals surface area contributed by atoms with Crippen LogP contribution in [0.4, 0.5) is 4.79 Å². The minimum atomic E-state index is -0.0506. The second kappa shape index (κ2) is 5.89. The Labute approximate surface area is 109 Å². The number of aryl methyl sites for hydroxylation is 1. The normalized spacial score (nSPS) is 18.3. The van der Waals surface area contributed by atoms with Crippen molar-refractivity contribution in [2.24, 2.45) is 5.92 Å². The first-order valence-corrected chi connectivity index (χ1v) is 6.79. The van der Waals surface area contributed by atoms with Gasteiger partial charge in [0.15, 0.2) is 0 Å². The zero-order valence-corrected chi connectivity index (χ0v) is 11.2. The molecule has 1 aromatic rings. The van der Waals surface area contributed by atoms with Crippen LogP contribution in [0.15, 0.2) is 24.3 Å². The lowest BCUT2D eigenvalue weighted by Crippen LogP contribution is -2.40. The molecule has 2 rings (SSSR count). The summed E-state index contributed by atoms with van der Waals surface area (Å²) >= 11 is 0. The molecule has 18 heavy (non-hydrogen) atoms. The van der Waals surface area contributed by atoms with Gasteiger partial charge in [-0.15, -0.1) is 0 Å². The number of urea groups is 1. The standard InChI is InChI=1S/C15H22N2O/c1-11(2)10-16-15(18)17-14-9-5-7-12-6-3-4-8-13(12)14/h3-4,6,8,11,14H,5,7,9-10H2,1-2H3,(H2,16,17,18)/t14-/m1/s1. The molecule has 1 aliphatic carbocycles. The van der Waals surface area contributed by atoms with Crippen LogP contribution in [-0.4, -0.2) is 12.6 Å². The van der Waals surface area contributed by atoms with E-state index in [1.807, 2.05) is 6.07 Å². The van der Waals surface area contributed by atoms with Crippen molar-refractivity contribution in [1.82, 2.24) is 10.6 Å². The molecular formula is C15H22N2O. The maximum Gasteiger partial charge on any atom is 0.315 e. The predicted molar refractivity (Wildman–Crippen MR) is 73.5 cm³/mol. The largest absolute Gasteiger partial charge is 0.338 e. The van der Waals surface area contributed by atoms with E-state index in [0.29, 0.717) is 5.92 Å². The summed E-state index contributed by atoms with van der Waals surface area (Å²) in [6, 6.07) is 8.52. The smallest absolute Gasteiger partial charge is 0.315 e. The molecule has 98 valence electrons. The summed E-state index contributed by atoms with van der Waals surface area (Å²) in [5.41, 5.74) is 2.65. The molecule has 0 heterocycles. The van der Waals surface area contributed by atoms with Gasteiger partial charge in [-0.3, -0.25) is 0 Å². The molecule has 0 aliphatic heterocycles. The first kappa shape index (κ1) is 12.9. The molecule has 0 saturated carbocycles. The van der Waals surface area contributed by atoms with Crippen LogP contribution in [0.3, 0.4) is 0 Å². The molecule has 2 N–H and O–H groups in total. The first-order chi connectivity index (χ1) is 8.66. The third-order valence-corrected chi connectivity index (χ3v) is 3.35. The van der Waals surface area contributed by atoms with Gasteiger partial charge in [-0.1, -0.05) is 38.1 Å². The van der Waals surface area contributed by atoms with Crippen molar-refractivity contribution >= 4 is 6.03 Å². The van der Waals surface area contributed by atoms with Crippen LogP contribution < -0.4 is 10.6 Å². The highest BCUT2D eigenvalue weighted by molar-refractivity contribution is 5.74. The molecule has 1 aliphatic rings. The van der Waals surface area contributed by atoms with Crippen LogP contribution in [0.2, 0.25) is 0 Å². The molecule has 1 aromatic carbocycles. The zero-order chi connectivity index (χ0) is 13.0. The van der Waals surface area contributed by atoms with Crippen LogP contribution >= 0.6 is 0 Å². The van der Waals surface area contributed by atoms with Gasteiger partial charge < -0.3 is 10.6 Å². The van der Waals surface area contributed by atoms with Gasteiger partial charge in [0, 0.05) is 6.54 Å². The van der Waals surface area contributed by atoms with E-state index in [-0.39, 0.29) is 12.1 Å². The van der Waals surface area contributed by atoms with Crippen molar-refractivity contribution in [1.29, 1.82) is 0 Å². The summed E-state index contributed by atoms with van der Waals surface area (Å²) in [6.45, 7) is 4.91. The quantitative estimate of drug-likeness (QED) is 0.845. The first-order valence-electron chi connectivity index (χ1n) is 6.79. The zero-order valence-electron chi connectivity index (χ0n) is 11.2. The van der Waals surface area contributed by atoms with Crippen molar-refractivity contribution < 1.29 is 4.79 Å². The number of hydrogen-bond acceptors (Lipinski definition) is 1. The highest BCUT2D eigenvalue weighted by Gasteiger charge is 2.20. The van der Waals surface area contributed by atoms with Crippen LogP contribution in [0, 0.1) is 5.92 Å². The van der Waals surface area contributed by atoms with Gasteiger partial charge >= 0.3 is 6.03 Å². The minimum absolute atomic E-state index is 0.0506. The Morgan fingerprint density at radius 2 is 2.17 bits per heavy atom. The average Bonchev–Trinajstić information content (AvgIpc) is 2.37. The second-order valence-corrected chi connectivity index (χ2v) is 5.39. The van der Waals surface area contributed by atoms with Crippen molar-refractivity contribution in [3.8, 4) is 0 Å². The SMILES string of the molecule is CC(C)CNC(=O)N[C@@H]1CCCc2ccccc21. The van der Waals surface area contributed by atoms with Crippen LogP contribution in [0.1, 0.15) is 43.9 Å². The van der Waals surface area contributed by atoms with Gasteiger partial charge in [-0.2, -0.15) is 0 Å². The number of benzene rings is 1. The molecule has 3 nitrogen and oxygen atoms in total. The van der Waals surface area contributed by atoms with Gasteiger partial charge in [0.25, 0.3) is 0 Å². The van der Waals surface area contributed by atoms with Crippen LogP contribution in [0.25, 0.3) is 0 Å². The minimum Gasteiger partial charge on any atom is -0.338 e. The molecule has 0 unspecified atom stereocenters. The molecule has 1 atom stereocenters. The third-order valence-electron chi connectivity index (χ3n) is 3.35. The van der Waals surface area contributed by atoms with E-state index in [4.69, 9.17) is 0 Å². The van der Waals surface area contributed by atoms with Crippen molar-refractivity contribution in [3.05, 3.63) is 35.4 Å². The van der Waals surface area contributed by atoms with Crippen molar-refractivity contribution in [2.45, 2.75) is 39.2 Å². The Kier molecular flexibility index (Phi) is 4.24. The average molecular weight is 246 g/mol. The maximum atomic E-state index is 11.8. The number of rotatable bonds is 3. The molecule has 0 radical (unpaired) electrons. The molecule has 2 amide bonds. The van der Waals surface area contributed by atoms with Gasteiger partial charge in [-0.25, -0.2) is 4.79 Å². The Bertz CT molecular complexity index is 415. The maximum absolute atomic E-state index is 11.8. The molecule has 0 fully saturated rings. The Morgan fingerprint density at radius 1 is 1.39 bits per heavy atom. The summed E-state index contributed by atoms with van der Waals surface area (Å²) in [4.78, 5) is 11.8. The highest BCUT2D eigenvalue weighted by Crippen LogP contribution is 2.29. The van der Waals surface area contributed by atoms with E-state index in [1.165, 1.54) is 11.1 Å². The van der Waals surface area contributed by atoms with E-state index in [2.05, 4.69) is 42.7 Å². The molecule has 0 aromatic heterocycles. The molecular weight excluding hydrogens is 224 g/mol. The number of nitrogens with one attached hydrogen (secondary N) is 2. The summed E-state index contributed by atoms with van der Waals surface area (Å²) in [7, 11) is 0. The monoisotopic (exact) mass is 246 g/mol. The lowest BCUT2D eigenvalue weighted by Gasteiger charge is -2.26. The second-order valence-electron chi connectivity index (χ2n) is 5.39. The number of hydrogen-bond donors (Lipinski definition) is 2. The fourth-order valence-electron chi connectivity index (χ4n) is 2.41. The Hall–Kier alpha value is -1.51. The van der Waals surface area contributed by atoms with E-state index in [0.717, 1.165) is 25.8 Å². The van der Waals surface area contributed by atoms with Gasteiger partial charge in [0.05, 0.1) is 6.04 Å². The van der Waals surface area contributed by atoms with E-state index < -0.39 is 0 Å². The number of amides is 2. The number of fused-ring (bicyclic) bond motifs is 1. The van der Waals surface area contributed by atoms with Crippen LogP contribution in [-0.2, 0) is 6.42 Å². The van der Waals surface area contributed by atoms with Gasteiger partial charge in [-0.05, 0) is 36.3 Å². The fourth-order valence-corrected chi connectivity index (χ4v) is 2.41. The topological polar surface area (TPSA) is 41.1 Å². The predicted octanol–water partition coefficient (Wildman–Crippen LogP) is 3.02. The molecule has 0 bridgehead atoms. The summed E-state index contributed by atoms with van der Waals surface area (Å²) < 4.78 is 0. The molecule has 0 saturated heterocycles. The Balaban J connectivity index is 1.96. The van der Waals surface area contributed by atoms with Gasteiger partial charge in [0.1, 0.15) is 0 Å². The third kappa shape index (κ3) is 3.25. The Morgan fingerprint density at radius 3 is 2.94 bits per heavy atom.